The Morgan fingerprint density at radius 3 is 2.70 bits per heavy atom. The van der Waals surface area contributed by atoms with Crippen LogP contribution in [0, 0.1) is 0 Å². The predicted octanol–water partition coefficient (Wildman–Crippen LogP) is 3.51. The van der Waals surface area contributed by atoms with Crippen LogP contribution in [-0.2, 0) is 29.1 Å². The molecule has 0 saturated heterocycles. The molecule has 0 bridgehead atoms. The molecule has 2 N–H and O–H groups in total. The summed E-state index contributed by atoms with van der Waals surface area (Å²) < 4.78 is 7.47. The third-order valence-electron chi connectivity index (χ3n) is 4.11. The minimum Gasteiger partial charge on any atom is -0.398 e. The van der Waals surface area contributed by atoms with Crippen molar-refractivity contribution >= 4 is 17.5 Å². The molecule has 3 aromatic rings. The van der Waals surface area contributed by atoms with E-state index in [-0.39, 0.29) is 5.78 Å². The molecule has 1 heterocycles. The molecule has 0 atom stereocenters. The van der Waals surface area contributed by atoms with E-state index < -0.39 is 0 Å². The van der Waals surface area contributed by atoms with Gasteiger partial charge in [-0.25, -0.2) is 0 Å². The van der Waals surface area contributed by atoms with Crippen LogP contribution in [0.25, 0.3) is 6.08 Å². The molecule has 2 aromatic carbocycles. The number of rotatable bonds is 9. The van der Waals surface area contributed by atoms with Crippen LogP contribution in [0.1, 0.15) is 16.7 Å². The molecule has 0 saturated carbocycles. The maximum atomic E-state index is 12.1. The second kappa shape index (κ2) is 9.50. The number of ether oxygens (including phenoxy) is 1. The lowest BCUT2D eigenvalue weighted by Gasteiger charge is -2.04. The first-order valence-corrected chi connectivity index (χ1v) is 8.89. The van der Waals surface area contributed by atoms with E-state index in [1.165, 1.54) is 0 Å². The molecule has 3 rings (SSSR count). The van der Waals surface area contributed by atoms with E-state index in [9.17, 15) is 4.79 Å². The summed E-state index contributed by atoms with van der Waals surface area (Å²) in [4.78, 5) is 12.1. The number of nitrogen functional groups attached to an aromatic ring is 1. The SMILES string of the molecule is Nc1ccccc1CC(=O)/C=C/c1cnn(CCOCc2ccccc2)c1. The van der Waals surface area contributed by atoms with E-state index in [0.717, 1.165) is 16.7 Å². The molecule has 0 fully saturated rings. The van der Waals surface area contributed by atoms with Gasteiger partial charge in [0.25, 0.3) is 0 Å². The average Bonchev–Trinajstić information content (AvgIpc) is 3.14. The molecule has 0 aliphatic heterocycles. The molecule has 138 valence electrons. The fraction of sp³-hybridized carbons (Fsp3) is 0.182. The van der Waals surface area contributed by atoms with Gasteiger partial charge in [0.15, 0.2) is 5.78 Å². The summed E-state index contributed by atoms with van der Waals surface area (Å²) in [5.74, 6) is 0.00634. The fourth-order valence-corrected chi connectivity index (χ4v) is 2.64. The maximum Gasteiger partial charge on any atom is 0.160 e. The number of aromatic nitrogens is 2. The van der Waals surface area contributed by atoms with Crippen molar-refractivity contribution in [2.45, 2.75) is 19.6 Å². The van der Waals surface area contributed by atoms with Crippen LogP contribution in [0.3, 0.4) is 0 Å². The highest BCUT2D eigenvalue weighted by Crippen LogP contribution is 2.12. The first-order valence-electron chi connectivity index (χ1n) is 8.89. The number of para-hydroxylation sites is 1. The Labute approximate surface area is 159 Å². The van der Waals surface area contributed by atoms with Gasteiger partial charge in [-0.3, -0.25) is 9.48 Å². The van der Waals surface area contributed by atoms with E-state index in [1.54, 1.807) is 24.4 Å². The summed E-state index contributed by atoms with van der Waals surface area (Å²) in [6.07, 6.45) is 7.27. The van der Waals surface area contributed by atoms with Gasteiger partial charge < -0.3 is 10.5 Å². The topological polar surface area (TPSA) is 70.1 Å². The predicted molar refractivity (Wildman–Crippen MR) is 107 cm³/mol. The van der Waals surface area contributed by atoms with Gasteiger partial charge in [0.2, 0.25) is 0 Å². The number of carbonyl (C=O) groups excluding carboxylic acids is 1. The smallest absolute Gasteiger partial charge is 0.160 e. The molecule has 0 unspecified atom stereocenters. The van der Waals surface area contributed by atoms with Gasteiger partial charge in [-0.2, -0.15) is 5.10 Å². The van der Waals surface area contributed by atoms with Crippen molar-refractivity contribution < 1.29 is 9.53 Å². The number of benzene rings is 2. The Hall–Kier alpha value is -3.18. The molecular formula is C22H23N3O2. The summed E-state index contributed by atoms with van der Waals surface area (Å²) in [5, 5.41) is 4.29. The van der Waals surface area contributed by atoms with Gasteiger partial charge in [0.05, 0.1) is 26.0 Å². The third-order valence-corrected chi connectivity index (χ3v) is 4.11. The molecule has 0 aliphatic carbocycles. The molecule has 5 heteroatoms. The van der Waals surface area contributed by atoms with E-state index in [2.05, 4.69) is 5.10 Å². The first-order chi connectivity index (χ1) is 13.2. The second-order valence-corrected chi connectivity index (χ2v) is 6.25. The van der Waals surface area contributed by atoms with Gasteiger partial charge in [-0.1, -0.05) is 48.5 Å². The zero-order valence-electron chi connectivity index (χ0n) is 15.1. The molecule has 0 radical (unpaired) electrons. The van der Waals surface area contributed by atoms with Gasteiger partial charge >= 0.3 is 0 Å². The van der Waals surface area contributed by atoms with E-state index in [4.69, 9.17) is 10.5 Å². The monoisotopic (exact) mass is 361 g/mol. The summed E-state index contributed by atoms with van der Waals surface area (Å²) in [6.45, 7) is 1.83. The van der Waals surface area contributed by atoms with Crippen molar-refractivity contribution in [2.24, 2.45) is 0 Å². The standard InChI is InChI=1S/C22H23N3O2/c23-22-9-5-4-8-20(22)14-21(26)11-10-19-15-24-25(16-19)12-13-27-17-18-6-2-1-3-7-18/h1-11,15-16H,12-14,17,23H2/b11-10+. The van der Waals surface area contributed by atoms with Crippen molar-refractivity contribution in [3.8, 4) is 0 Å². The molecule has 1 aromatic heterocycles. The van der Waals surface area contributed by atoms with E-state index >= 15 is 0 Å². The number of allylic oxidation sites excluding steroid dienone is 1. The number of hydrogen-bond donors (Lipinski definition) is 1. The summed E-state index contributed by atoms with van der Waals surface area (Å²) in [7, 11) is 0. The molecule has 0 aliphatic rings. The Morgan fingerprint density at radius 1 is 1.11 bits per heavy atom. The van der Waals surface area contributed by atoms with Crippen LogP contribution in [-0.4, -0.2) is 22.2 Å². The van der Waals surface area contributed by atoms with Crippen LogP contribution >= 0.6 is 0 Å². The molecule has 27 heavy (non-hydrogen) atoms. The maximum absolute atomic E-state index is 12.1. The van der Waals surface area contributed by atoms with Crippen molar-refractivity contribution in [1.82, 2.24) is 9.78 Å². The molecular weight excluding hydrogens is 338 g/mol. The molecule has 0 amide bonds. The lowest BCUT2D eigenvalue weighted by atomic mass is 10.1. The Bertz CT molecular complexity index is 901. The summed E-state index contributed by atoms with van der Waals surface area (Å²) in [5.41, 5.74) is 9.39. The Balaban J connectivity index is 1.44. The number of carbonyl (C=O) groups is 1. The van der Waals surface area contributed by atoms with E-state index in [1.807, 2.05) is 59.4 Å². The Kier molecular flexibility index (Phi) is 6.55. The van der Waals surface area contributed by atoms with Crippen molar-refractivity contribution in [2.75, 3.05) is 12.3 Å². The summed E-state index contributed by atoms with van der Waals surface area (Å²) in [6, 6.07) is 17.5. The average molecular weight is 361 g/mol. The quantitative estimate of drug-likeness (QED) is 0.360. The number of nitrogens with zero attached hydrogens (tertiary/aromatic N) is 2. The highest BCUT2D eigenvalue weighted by atomic mass is 16.5. The van der Waals surface area contributed by atoms with Crippen LogP contribution < -0.4 is 5.73 Å². The minimum atomic E-state index is 0.00634. The zero-order chi connectivity index (χ0) is 18.9. The highest BCUT2D eigenvalue weighted by Gasteiger charge is 2.03. The minimum absolute atomic E-state index is 0.00634. The van der Waals surface area contributed by atoms with Crippen LogP contribution in [0.15, 0.2) is 73.1 Å². The Morgan fingerprint density at radius 2 is 1.89 bits per heavy atom. The van der Waals surface area contributed by atoms with Crippen LogP contribution in [0.4, 0.5) is 5.69 Å². The number of anilines is 1. The lowest BCUT2D eigenvalue weighted by Crippen LogP contribution is -2.06. The van der Waals surface area contributed by atoms with Gasteiger partial charge in [0.1, 0.15) is 0 Å². The van der Waals surface area contributed by atoms with Crippen LogP contribution in [0.2, 0.25) is 0 Å². The normalized spacial score (nSPS) is 11.1. The van der Waals surface area contributed by atoms with E-state index in [0.29, 0.717) is 31.9 Å². The van der Waals surface area contributed by atoms with Crippen molar-refractivity contribution in [3.63, 3.8) is 0 Å². The number of hydrogen-bond acceptors (Lipinski definition) is 4. The van der Waals surface area contributed by atoms with Crippen LogP contribution in [0.5, 0.6) is 0 Å². The molecule has 0 spiro atoms. The highest BCUT2D eigenvalue weighted by molar-refractivity contribution is 5.95. The molecule has 5 nitrogen and oxygen atoms in total. The van der Waals surface area contributed by atoms with Gasteiger partial charge in [-0.05, 0) is 29.3 Å². The lowest BCUT2D eigenvalue weighted by molar-refractivity contribution is -0.113. The fourth-order valence-electron chi connectivity index (χ4n) is 2.64. The zero-order valence-corrected chi connectivity index (χ0v) is 15.1. The number of nitrogens with two attached hydrogens (primary N) is 1. The third kappa shape index (κ3) is 5.94. The summed E-state index contributed by atoms with van der Waals surface area (Å²) >= 11 is 0. The largest absolute Gasteiger partial charge is 0.398 e. The second-order valence-electron chi connectivity index (χ2n) is 6.25. The van der Waals surface area contributed by atoms with Gasteiger partial charge in [-0.15, -0.1) is 0 Å². The number of ketones is 1. The van der Waals surface area contributed by atoms with Gasteiger partial charge in [0, 0.05) is 23.9 Å². The first kappa shape index (κ1) is 18.6. The van der Waals surface area contributed by atoms with Crippen molar-refractivity contribution in [1.29, 1.82) is 0 Å². The van der Waals surface area contributed by atoms with Crippen molar-refractivity contribution in [3.05, 3.63) is 89.8 Å².